The molecule has 0 radical (unpaired) electrons. The first kappa shape index (κ1) is 17.7. The van der Waals surface area contributed by atoms with E-state index in [0.29, 0.717) is 11.8 Å². The average Bonchev–Trinajstić information content (AvgIpc) is 2.67. The molecule has 0 amide bonds. The second-order valence-corrected chi connectivity index (χ2v) is 8.49. The van der Waals surface area contributed by atoms with Gasteiger partial charge in [0.15, 0.2) is 0 Å². The van der Waals surface area contributed by atoms with Gasteiger partial charge in [0.25, 0.3) is 0 Å². The Morgan fingerprint density at radius 3 is 2.77 bits per heavy atom. The van der Waals surface area contributed by atoms with Gasteiger partial charge in [-0.25, -0.2) is 0 Å². The minimum absolute atomic E-state index is 0.166. The molecule has 126 valence electrons. The number of aliphatic hydroxyl groups excluding tert-OH is 1. The second-order valence-electron chi connectivity index (χ2n) is 8.49. The minimum atomic E-state index is -0.606. The minimum Gasteiger partial charge on any atom is -0.390 e. The number of rotatable bonds is 4. The highest BCUT2D eigenvalue weighted by Crippen LogP contribution is 2.56. The Hall–Kier alpha value is -0.600. The van der Waals surface area contributed by atoms with E-state index in [4.69, 9.17) is 0 Å². The van der Waals surface area contributed by atoms with Crippen LogP contribution in [0.2, 0.25) is 0 Å². The third-order valence-electron chi connectivity index (χ3n) is 6.29. The van der Waals surface area contributed by atoms with Crippen LogP contribution in [0.3, 0.4) is 0 Å². The molecule has 2 aliphatic carbocycles. The highest BCUT2D eigenvalue weighted by Gasteiger charge is 2.51. The van der Waals surface area contributed by atoms with Crippen molar-refractivity contribution in [2.45, 2.75) is 84.8 Å². The predicted octanol–water partition coefficient (Wildman–Crippen LogP) is 4.62. The predicted molar refractivity (Wildman–Crippen MR) is 92.6 cm³/mol. The number of hydrogen-bond acceptors (Lipinski definition) is 2. The standard InChI is InChI=1S/C20H34O2/c1-14(2)7-6-11-20(5,22)17-10-12-19(4)13-18(21)15(3)8-9-16(17)19/h7-8,16-18,21-22H,6,9-13H2,1-5H3/t16-,17+,18-,19+,20+/m1/s1. The van der Waals surface area contributed by atoms with Crippen LogP contribution in [0.25, 0.3) is 0 Å². The number of fused-ring (bicyclic) bond motifs is 1. The van der Waals surface area contributed by atoms with Gasteiger partial charge in [-0.05, 0) is 89.0 Å². The molecule has 2 N–H and O–H groups in total. The molecule has 2 rings (SSSR count). The van der Waals surface area contributed by atoms with E-state index in [1.807, 2.05) is 13.8 Å². The van der Waals surface area contributed by atoms with Crippen molar-refractivity contribution in [3.05, 3.63) is 23.3 Å². The summed E-state index contributed by atoms with van der Waals surface area (Å²) in [7, 11) is 0. The van der Waals surface area contributed by atoms with Gasteiger partial charge in [0.2, 0.25) is 0 Å². The third kappa shape index (κ3) is 3.65. The van der Waals surface area contributed by atoms with Crippen molar-refractivity contribution in [3.8, 4) is 0 Å². The molecule has 0 aromatic rings. The molecule has 0 bridgehead atoms. The molecular formula is C20H34O2. The molecule has 5 atom stereocenters. The van der Waals surface area contributed by atoms with Crippen LogP contribution < -0.4 is 0 Å². The summed E-state index contributed by atoms with van der Waals surface area (Å²) in [5.41, 5.74) is 1.99. The number of aliphatic hydroxyl groups is 2. The van der Waals surface area contributed by atoms with Crippen LogP contribution in [-0.4, -0.2) is 21.9 Å². The highest BCUT2D eigenvalue weighted by atomic mass is 16.3. The molecule has 0 aromatic carbocycles. The van der Waals surface area contributed by atoms with Crippen LogP contribution in [0.15, 0.2) is 23.3 Å². The molecule has 0 aromatic heterocycles. The van der Waals surface area contributed by atoms with E-state index in [0.717, 1.165) is 44.1 Å². The molecule has 1 fully saturated rings. The lowest BCUT2D eigenvalue weighted by Gasteiger charge is -2.39. The van der Waals surface area contributed by atoms with Gasteiger partial charge >= 0.3 is 0 Å². The van der Waals surface area contributed by atoms with Crippen LogP contribution in [0.4, 0.5) is 0 Å². The Morgan fingerprint density at radius 1 is 1.45 bits per heavy atom. The third-order valence-corrected chi connectivity index (χ3v) is 6.29. The summed E-state index contributed by atoms with van der Waals surface area (Å²) in [5.74, 6) is 0.832. The van der Waals surface area contributed by atoms with Gasteiger partial charge in [-0.15, -0.1) is 0 Å². The summed E-state index contributed by atoms with van der Waals surface area (Å²) < 4.78 is 0. The summed E-state index contributed by atoms with van der Waals surface area (Å²) in [6, 6.07) is 0. The van der Waals surface area contributed by atoms with Gasteiger partial charge in [0.1, 0.15) is 0 Å². The van der Waals surface area contributed by atoms with Crippen molar-refractivity contribution >= 4 is 0 Å². The van der Waals surface area contributed by atoms with Gasteiger partial charge in [0, 0.05) is 0 Å². The zero-order valence-corrected chi connectivity index (χ0v) is 15.0. The summed E-state index contributed by atoms with van der Waals surface area (Å²) in [6.45, 7) is 10.6. The van der Waals surface area contributed by atoms with E-state index in [-0.39, 0.29) is 11.5 Å². The lowest BCUT2D eigenvalue weighted by Crippen LogP contribution is -2.40. The van der Waals surface area contributed by atoms with Crippen molar-refractivity contribution in [3.63, 3.8) is 0 Å². The van der Waals surface area contributed by atoms with E-state index >= 15 is 0 Å². The lowest BCUT2D eigenvalue weighted by atomic mass is 9.68. The topological polar surface area (TPSA) is 40.5 Å². The fraction of sp³-hybridized carbons (Fsp3) is 0.800. The van der Waals surface area contributed by atoms with Crippen LogP contribution in [0.1, 0.15) is 73.1 Å². The molecule has 2 nitrogen and oxygen atoms in total. The highest BCUT2D eigenvalue weighted by molar-refractivity contribution is 5.14. The zero-order valence-electron chi connectivity index (χ0n) is 15.0. The van der Waals surface area contributed by atoms with Crippen molar-refractivity contribution in [2.75, 3.05) is 0 Å². The fourth-order valence-corrected chi connectivity index (χ4v) is 4.69. The van der Waals surface area contributed by atoms with Gasteiger partial charge in [0.05, 0.1) is 11.7 Å². The van der Waals surface area contributed by atoms with E-state index in [9.17, 15) is 10.2 Å². The summed E-state index contributed by atoms with van der Waals surface area (Å²) in [4.78, 5) is 0. The Morgan fingerprint density at radius 2 is 2.14 bits per heavy atom. The largest absolute Gasteiger partial charge is 0.390 e. The first-order valence-corrected chi connectivity index (χ1v) is 8.86. The van der Waals surface area contributed by atoms with Crippen LogP contribution in [-0.2, 0) is 0 Å². The monoisotopic (exact) mass is 306 g/mol. The molecule has 22 heavy (non-hydrogen) atoms. The zero-order chi connectivity index (χ0) is 16.5. The Kier molecular flexibility index (Phi) is 5.23. The van der Waals surface area contributed by atoms with Crippen molar-refractivity contribution in [1.82, 2.24) is 0 Å². The number of hydrogen-bond donors (Lipinski definition) is 2. The molecule has 0 aliphatic heterocycles. The molecule has 2 aliphatic rings. The van der Waals surface area contributed by atoms with Crippen LogP contribution >= 0.6 is 0 Å². The Labute approximate surface area is 136 Å². The molecule has 0 saturated heterocycles. The van der Waals surface area contributed by atoms with Crippen LogP contribution in [0.5, 0.6) is 0 Å². The van der Waals surface area contributed by atoms with Gasteiger partial charge < -0.3 is 10.2 Å². The van der Waals surface area contributed by atoms with Crippen LogP contribution in [0, 0.1) is 17.3 Å². The fourth-order valence-electron chi connectivity index (χ4n) is 4.69. The first-order chi connectivity index (χ1) is 10.2. The van der Waals surface area contributed by atoms with Gasteiger partial charge in [-0.3, -0.25) is 0 Å². The summed E-state index contributed by atoms with van der Waals surface area (Å²) in [6.07, 6.45) is 9.98. The maximum absolute atomic E-state index is 11.1. The van der Waals surface area contributed by atoms with Gasteiger partial charge in [-0.1, -0.05) is 24.6 Å². The number of allylic oxidation sites excluding steroid dienone is 3. The van der Waals surface area contributed by atoms with Crippen molar-refractivity contribution in [1.29, 1.82) is 0 Å². The normalized spacial score (nSPS) is 37.8. The first-order valence-electron chi connectivity index (χ1n) is 8.86. The van der Waals surface area contributed by atoms with Crippen molar-refractivity contribution in [2.24, 2.45) is 17.3 Å². The summed E-state index contributed by atoms with van der Waals surface area (Å²) in [5, 5.41) is 21.4. The van der Waals surface area contributed by atoms with E-state index < -0.39 is 5.60 Å². The molecule has 0 spiro atoms. The quantitative estimate of drug-likeness (QED) is 0.744. The second kappa shape index (κ2) is 6.49. The maximum Gasteiger partial charge on any atom is 0.0752 e. The molecule has 0 unspecified atom stereocenters. The molecule has 2 heteroatoms. The maximum atomic E-state index is 11.1. The van der Waals surface area contributed by atoms with E-state index in [1.165, 1.54) is 5.57 Å². The molecular weight excluding hydrogens is 272 g/mol. The lowest BCUT2D eigenvalue weighted by molar-refractivity contribution is -0.0379. The SMILES string of the molecule is CC(C)=CCC[C@](C)(O)[C@H]1CC[C@@]2(C)C[C@@H](O)C(C)=CC[C@H]12. The Bertz CT molecular complexity index is 456. The average molecular weight is 306 g/mol. The van der Waals surface area contributed by atoms with E-state index in [2.05, 4.69) is 32.9 Å². The van der Waals surface area contributed by atoms with Gasteiger partial charge in [-0.2, -0.15) is 0 Å². The van der Waals surface area contributed by atoms with E-state index in [1.54, 1.807) is 0 Å². The molecule has 1 saturated carbocycles. The smallest absolute Gasteiger partial charge is 0.0752 e. The van der Waals surface area contributed by atoms with Crippen molar-refractivity contribution < 1.29 is 10.2 Å². The summed E-state index contributed by atoms with van der Waals surface area (Å²) >= 11 is 0. The Balaban J connectivity index is 2.14. The molecule has 0 heterocycles.